The van der Waals surface area contributed by atoms with Crippen LogP contribution in [0.5, 0.6) is 0 Å². The molecule has 1 unspecified atom stereocenters. The zero-order valence-corrected chi connectivity index (χ0v) is 13.1. The highest BCUT2D eigenvalue weighted by Crippen LogP contribution is 2.10. The van der Waals surface area contributed by atoms with Crippen molar-refractivity contribution in [2.45, 2.75) is 45.1 Å². The Hall–Kier alpha value is -2.18. The van der Waals surface area contributed by atoms with E-state index in [1.807, 2.05) is 0 Å². The third kappa shape index (κ3) is 7.58. The summed E-state index contributed by atoms with van der Waals surface area (Å²) in [4.78, 5) is 23.0. The van der Waals surface area contributed by atoms with Crippen LogP contribution in [0.1, 0.15) is 38.2 Å². The number of benzene rings is 1. The van der Waals surface area contributed by atoms with Gasteiger partial charge in [0.05, 0.1) is 6.61 Å². The van der Waals surface area contributed by atoms with Crippen molar-refractivity contribution in [2.24, 2.45) is 5.73 Å². The number of halogens is 2. The molecule has 0 aromatic heterocycles. The SMILES string of the molecule is CCCCCCOC(=O)NC(Cc1cc(F)cc(F)c1)C(N)=O. The Kier molecular flexibility index (Phi) is 8.01. The van der Waals surface area contributed by atoms with Crippen LogP contribution in [-0.4, -0.2) is 24.6 Å². The monoisotopic (exact) mass is 328 g/mol. The number of rotatable bonds is 9. The Bertz CT molecular complexity index is 518. The molecule has 0 heterocycles. The van der Waals surface area contributed by atoms with Gasteiger partial charge < -0.3 is 15.8 Å². The minimum absolute atomic E-state index is 0.116. The quantitative estimate of drug-likeness (QED) is 0.684. The minimum Gasteiger partial charge on any atom is -0.450 e. The summed E-state index contributed by atoms with van der Waals surface area (Å²) in [6.07, 6.45) is 2.92. The van der Waals surface area contributed by atoms with Crippen LogP contribution in [0.3, 0.4) is 0 Å². The normalized spacial score (nSPS) is 11.8. The zero-order chi connectivity index (χ0) is 17.2. The van der Waals surface area contributed by atoms with E-state index in [4.69, 9.17) is 10.5 Å². The number of hydrogen-bond acceptors (Lipinski definition) is 3. The maximum atomic E-state index is 13.1. The van der Waals surface area contributed by atoms with Gasteiger partial charge in [-0.05, 0) is 24.1 Å². The summed E-state index contributed by atoms with van der Waals surface area (Å²) in [5, 5.41) is 2.31. The van der Waals surface area contributed by atoms with E-state index in [9.17, 15) is 18.4 Å². The number of amides is 2. The Labute approximate surface area is 134 Å². The molecular formula is C16H22F2N2O3. The zero-order valence-electron chi connectivity index (χ0n) is 13.1. The number of unbranched alkanes of at least 4 members (excludes halogenated alkanes) is 3. The number of nitrogens with one attached hydrogen (secondary N) is 1. The Morgan fingerprint density at radius 2 is 1.83 bits per heavy atom. The van der Waals surface area contributed by atoms with Gasteiger partial charge in [0.2, 0.25) is 5.91 Å². The highest BCUT2D eigenvalue weighted by Gasteiger charge is 2.20. The second-order valence-corrected chi connectivity index (χ2v) is 5.28. The van der Waals surface area contributed by atoms with E-state index in [1.165, 1.54) is 0 Å². The lowest BCUT2D eigenvalue weighted by atomic mass is 10.1. The van der Waals surface area contributed by atoms with E-state index in [0.29, 0.717) is 0 Å². The number of alkyl carbamates (subject to hydrolysis) is 1. The summed E-state index contributed by atoms with van der Waals surface area (Å²) < 4.78 is 31.2. The molecular weight excluding hydrogens is 306 g/mol. The molecule has 3 N–H and O–H groups in total. The van der Waals surface area contributed by atoms with Gasteiger partial charge >= 0.3 is 6.09 Å². The molecule has 23 heavy (non-hydrogen) atoms. The first-order chi connectivity index (χ1) is 10.9. The third-order valence-electron chi connectivity index (χ3n) is 3.23. The van der Waals surface area contributed by atoms with Crippen LogP contribution >= 0.6 is 0 Å². The maximum absolute atomic E-state index is 13.1. The number of hydrogen-bond donors (Lipinski definition) is 2. The van der Waals surface area contributed by atoms with Crippen molar-refractivity contribution in [1.82, 2.24) is 5.32 Å². The summed E-state index contributed by atoms with van der Waals surface area (Å²) in [5.74, 6) is -2.33. The van der Waals surface area contributed by atoms with Crippen molar-refractivity contribution in [3.63, 3.8) is 0 Å². The molecule has 2 amide bonds. The first-order valence-corrected chi connectivity index (χ1v) is 7.60. The molecule has 0 aliphatic rings. The Balaban J connectivity index is 2.51. The first-order valence-electron chi connectivity index (χ1n) is 7.60. The van der Waals surface area contributed by atoms with Gasteiger partial charge in [-0.1, -0.05) is 26.2 Å². The van der Waals surface area contributed by atoms with Crippen LogP contribution in [0.15, 0.2) is 18.2 Å². The average molecular weight is 328 g/mol. The van der Waals surface area contributed by atoms with Crippen molar-refractivity contribution < 1.29 is 23.1 Å². The third-order valence-corrected chi connectivity index (χ3v) is 3.23. The second-order valence-electron chi connectivity index (χ2n) is 5.28. The highest BCUT2D eigenvalue weighted by atomic mass is 19.1. The van der Waals surface area contributed by atoms with Crippen LogP contribution < -0.4 is 11.1 Å². The second kappa shape index (κ2) is 9.76. The fraction of sp³-hybridized carbons (Fsp3) is 0.500. The molecule has 0 bridgehead atoms. The molecule has 7 heteroatoms. The number of ether oxygens (including phenoxy) is 1. The topological polar surface area (TPSA) is 81.4 Å². The van der Waals surface area contributed by atoms with Crippen LogP contribution in [-0.2, 0) is 16.0 Å². The molecule has 0 spiro atoms. The molecule has 0 saturated carbocycles. The van der Waals surface area contributed by atoms with Crippen molar-refractivity contribution in [3.8, 4) is 0 Å². The van der Waals surface area contributed by atoms with E-state index in [1.54, 1.807) is 0 Å². The number of primary amides is 1. The van der Waals surface area contributed by atoms with Gasteiger partial charge in [0.15, 0.2) is 0 Å². The molecule has 5 nitrogen and oxygen atoms in total. The maximum Gasteiger partial charge on any atom is 0.407 e. The van der Waals surface area contributed by atoms with Crippen LogP contribution in [0, 0.1) is 11.6 Å². The van der Waals surface area contributed by atoms with Crippen molar-refractivity contribution in [2.75, 3.05) is 6.61 Å². The average Bonchev–Trinajstić information content (AvgIpc) is 2.45. The van der Waals surface area contributed by atoms with Gasteiger partial charge in [-0.2, -0.15) is 0 Å². The van der Waals surface area contributed by atoms with Crippen LogP contribution in [0.25, 0.3) is 0 Å². The summed E-state index contributed by atoms with van der Waals surface area (Å²) >= 11 is 0. The van der Waals surface area contributed by atoms with Gasteiger partial charge in [-0.25, -0.2) is 13.6 Å². The lowest BCUT2D eigenvalue weighted by Crippen LogP contribution is -2.46. The summed E-state index contributed by atoms with van der Waals surface area (Å²) in [5.41, 5.74) is 5.42. The van der Waals surface area contributed by atoms with Gasteiger partial charge in [-0.15, -0.1) is 0 Å². The standard InChI is InChI=1S/C16H22F2N2O3/c1-2-3-4-5-6-23-16(22)20-14(15(19)21)9-11-7-12(17)10-13(18)8-11/h7-8,10,14H,2-6,9H2,1H3,(H2,19,21)(H,20,22). The summed E-state index contributed by atoms with van der Waals surface area (Å²) in [6.45, 7) is 2.31. The summed E-state index contributed by atoms with van der Waals surface area (Å²) in [7, 11) is 0. The highest BCUT2D eigenvalue weighted by molar-refractivity contribution is 5.84. The predicted molar refractivity (Wildman–Crippen MR) is 81.7 cm³/mol. The van der Waals surface area contributed by atoms with Crippen molar-refractivity contribution >= 4 is 12.0 Å². The molecule has 0 aliphatic carbocycles. The molecule has 1 aromatic carbocycles. The lowest BCUT2D eigenvalue weighted by molar-refractivity contribution is -0.119. The molecule has 1 aromatic rings. The number of carbonyl (C=O) groups is 2. The molecule has 128 valence electrons. The van der Waals surface area contributed by atoms with E-state index < -0.39 is 29.7 Å². The van der Waals surface area contributed by atoms with E-state index in [-0.39, 0.29) is 18.6 Å². The first kappa shape index (κ1) is 18.9. The fourth-order valence-corrected chi connectivity index (χ4v) is 2.06. The van der Waals surface area contributed by atoms with E-state index in [2.05, 4.69) is 12.2 Å². The molecule has 1 rings (SSSR count). The minimum atomic E-state index is -1.10. The van der Waals surface area contributed by atoms with Crippen molar-refractivity contribution in [1.29, 1.82) is 0 Å². The fourth-order valence-electron chi connectivity index (χ4n) is 2.06. The predicted octanol–water partition coefficient (Wildman–Crippen LogP) is 2.67. The van der Waals surface area contributed by atoms with Crippen LogP contribution in [0.4, 0.5) is 13.6 Å². The van der Waals surface area contributed by atoms with Gasteiger partial charge in [0, 0.05) is 12.5 Å². The summed E-state index contributed by atoms with van der Waals surface area (Å²) in [6, 6.07) is 1.79. The largest absolute Gasteiger partial charge is 0.450 e. The van der Waals surface area contributed by atoms with Gasteiger partial charge in [0.25, 0.3) is 0 Å². The number of nitrogens with two attached hydrogens (primary N) is 1. The van der Waals surface area contributed by atoms with E-state index in [0.717, 1.165) is 43.9 Å². The van der Waals surface area contributed by atoms with Gasteiger partial charge in [-0.3, -0.25) is 4.79 Å². The number of carbonyl (C=O) groups excluding carboxylic acids is 2. The molecule has 1 atom stereocenters. The van der Waals surface area contributed by atoms with E-state index >= 15 is 0 Å². The molecule has 0 aliphatic heterocycles. The Morgan fingerprint density at radius 3 is 2.39 bits per heavy atom. The Morgan fingerprint density at radius 1 is 1.17 bits per heavy atom. The molecule has 0 fully saturated rings. The smallest absolute Gasteiger partial charge is 0.407 e. The van der Waals surface area contributed by atoms with Gasteiger partial charge in [0.1, 0.15) is 17.7 Å². The van der Waals surface area contributed by atoms with Crippen molar-refractivity contribution in [3.05, 3.63) is 35.4 Å². The molecule has 0 radical (unpaired) electrons. The van der Waals surface area contributed by atoms with Crippen LogP contribution in [0.2, 0.25) is 0 Å². The lowest BCUT2D eigenvalue weighted by Gasteiger charge is -2.15. The molecule has 0 saturated heterocycles.